The summed E-state index contributed by atoms with van der Waals surface area (Å²) in [6, 6.07) is 0. The third-order valence-corrected chi connectivity index (χ3v) is 4.83. The van der Waals surface area contributed by atoms with Crippen molar-refractivity contribution in [2.45, 2.75) is 39.5 Å². The van der Waals surface area contributed by atoms with Crippen LogP contribution in [0, 0.1) is 23.7 Å². The van der Waals surface area contributed by atoms with Gasteiger partial charge in [-0.25, -0.2) is 9.59 Å². The van der Waals surface area contributed by atoms with Crippen LogP contribution in [0.1, 0.15) is 39.5 Å². The van der Waals surface area contributed by atoms with Crippen molar-refractivity contribution in [2.75, 3.05) is 13.2 Å². The second-order valence-corrected chi connectivity index (χ2v) is 6.50. The van der Waals surface area contributed by atoms with Crippen LogP contribution in [0.2, 0.25) is 0 Å². The number of esters is 2. The largest absolute Gasteiger partial charge is 0.457 e. The van der Waals surface area contributed by atoms with Crippen LogP contribution in [0.15, 0.2) is 24.3 Å². The summed E-state index contributed by atoms with van der Waals surface area (Å²) in [6.45, 7) is 4.83. The molecule has 0 saturated heterocycles. The predicted molar refractivity (Wildman–Crippen MR) is 84.0 cm³/mol. The van der Waals surface area contributed by atoms with Crippen LogP contribution in [-0.2, 0) is 19.1 Å². The SMILES string of the molecule is C[C@@H]1CC=CC[C@H]1COC(=O)C(=O)OC[C@@H]1CCC=C[C@@H]1C. The van der Waals surface area contributed by atoms with Gasteiger partial charge in [0, 0.05) is 0 Å². The highest BCUT2D eigenvalue weighted by Gasteiger charge is 2.25. The van der Waals surface area contributed by atoms with Crippen LogP contribution in [0.4, 0.5) is 0 Å². The van der Waals surface area contributed by atoms with E-state index < -0.39 is 11.9 Å². The average Bonchev–Trinajstić information content (AvgIpc) is 2.52. The summed E-state index contributed by atoms with van der Waals surface area (Å²) < 4.78 is 10.2. The van der Waals surface area contributed by atoms with Crippen molar-refractivity contribution in [1.82, 2.24) is 0 Å². The van der Waals surface area contributed by atoms with E-state index in [4.69, 9.17) is 9.47 Å². The zero-order valence-corrected chi connectivity index (χ0v) is 13.5. The summed E-state index contributed by atoms with van der Waals surface area (Å²) in [5.74, 6) is -0.270. The quantitative estimate of drug-likeness (QED) is 0.454. The first-order valence-electron chi connectivity index (χ1n) is 8.23. The van der Waals surface area contributed by atoms with Crippen molar-refractivity contribution in [3.63, 3.8) is 0 Å². The summed E-state index contributed by atoms with van der Waals surface area (Å²) >= 11 is 0. The fraction of sp³-hybridized carbons (Fsp3) is 0.667. The Kier molecular flexibility index (Phi) is 6.22. The van der Waals surface area contributed by atoms with Gasteiger partial charge in [0.2, 0.25) is 0 Å². The number of carbonyl (C=O) groups is 2. The van der Waals surface area contributed by atoms with E-state index in [1.807, 2.05) is 0 Å². The van der Waals surface area contributed by atoms with E-state index in [0.29, 0.717) is 36.9 Å². The molecule has 0 spiro atoms. The molecule has 2 rings (SSSR count). The normalized spacial score (nSPS) is 30.8. The molecule has 2 aliphatic rings. The van der Waals surface area contributed by atoms with Gasteiger partial charge in [0.1, 0.15) is 0 Å². The number of hydrogen-bond acceptors (Lipinski definition) is 4. The van der Waals surface area contributed by atoms with E-state index >= 15 is 0 Å². The molecular formula is C18H26O4. The molecule has 122 valence electrons. The Morgan fingerprint density at radius 1 is 0.955 bits per heavy atom. The molecule has 0 fully saturated rings. The Bertz CT molecular complexity index is 436. The fourth-order valence-corrected chi connectivity index (χ4v) is 3.00. The summed E-state index contributed by atoms with van der Waals surface area (Å²) in [5.41, 5.74) is 0. The molecule has 0 saturated carbocycles. The van der Waals surface area contributed by atoms with Crippen LogP contribution < -0.4 is 0 Å². The lowest BCUT2D eigenvalue weighted by molar-refractivity contribution is -0.169. The van der Waals surface area contributed by atoms with Gasteiger partial charge < -0.3 is 9.47 Å². The Labute approximate surface area is 132 Å². The van der Waals surface area contributed by atoms with Crippen molar-refractivity contribution in [1.29, 1.82) is 0 Å². The molecule has 0 aromatic heterocycles. The smallest absolute Gasteiger partial charge is 0.417 e. The minimum Gasteiger partial charge on any atom is -0.457 e. The Morgan fingerprint density at radius 3 is 2.23 bits per heavy atom. The molecule has 2 aliphatic carbocycles. The minimum atomic E-state index is -0.860. The van der Waals surface area contributed by atoms with Crippen molar-refractivity contribution in [3.8, 4) is 0 Å². The monoisotopic (exact) mass is 306 g/mol. The maximum atomic E-state index is 11.7. The molecule has 0 amide bonds. The maximum Gasteiger partial charge on any atom is 0.417 e. The Morgan fingerprint density at radius 2 is 1.59 bits per heavy atom. The van der Waals surface area contributed by atoms with Gasteiger partial charge in [-0.3, -0.25) is 0 Å². The zero-order chi connectivity index (χ0) is 15.9. The first-order chi connectivity index (χ1) is 10.6. The highest BCUT2D eigenvalue weighted by molar-refractivity contribution is 6.29. The predicted octanol–water partition coefficient (Wildman–Crippen LogP) is 3.28. The Hall–Kier alpha value is -1.58. The number of carbonyl (C=O) groups excluding carboxylic acids is 2. The van der Waals surface area contributed by atoms with Gasteiger partial charge in [-0.2, -0.15) is 0 Å². The van der Waals surface area contributed by atoms with E-state index in [1.54, 1.807) is 0 Å². The van der Waals surface area contributed by atoms with E-state index in [9.17, 15) is 9.59 Å². The first kappa shape index (κ1) is 16.8. The molecular weight excluding hydrogens is 280 g/mol. The summed E-state index contributed by atoms with van der Waals surface area (Å²) in [7, 11) is 0. The maximum absolute atomic E-state index is 11.7. The second kappa shape index (κ2) is 8.16. The molecule has 0 aromatic rings. The number of rotatable bonds is 4. The van der Waals surface area contributed by atoms with Gasteiger partial charge >= 0.3 is 11.9 Å². The summed E-state index contributed by atoms with van der Waals surface area (Å²) in [6.07, 6.45) is 12.4. The molecule has 4 nitrogen and oxygen atoms in total. The molecule has 0 heterocycles. The number of ether oxygens (including phenoxy) is 2. The van der Waals surface area contributed by atoms with Gasteiger partial charge in [-0.05, 0) is 49.4 Å². The fourth-order valence-electron chi connectivity index (χ4n) is 3.00. The van der Waals surface area contributed by atoms with Crippen LogP contribution >= 0.6 is 0 Å². The van der Waals surface area contributed by atoms with E-state index in [2.05, 4.69) is 38.2 Å². The summed E-state index contributed by atoms with van der Waals surface area (Å²) in [4.78, 5) is 23.4. The van der Waals surface area contributed by atoms with Gasteiger partial charge in [-0.1, -0.05) is 38.2 Å². The van der Waals surface area contributed by atoms with Gasteiger partial charge in [0.15, 0.2) is 0 Å². The third kappa shape index (κ3) is 4.72. The van der Waals surface area contributed by atoms with E-state index in [-0.39, 0.29) is 0 Å². The second-order valence-electron chi connectivity index (χ2n) is 6.50. The molecule has 0 bridgehead atoms. The van der Waals surface area contributed by atoms with Crippen molar-refractivity contribution >= 4 is 11.9 Å². The lowest BCUT2D eigenvalue weighted by Crippen LogP contribution is -2.28. The van der Waals surface area contributed by atoms with Crippen LogP contribution in [0.3, 0.4) is 0 Å². The standard InChI is InChI=1S/C18H26O4/c1-13-7-3-5-9-15(13)11-21-17(19)18(20)22-12-16-10-6-4-8-14(16)2/h3-5,8,13-16H,6-7,9-12H2,1-2H3/t13-,14+,15+,16+/m1/s1. The van der Waals surface area contributed by atoms with Crippen LogP contribution in [0.5, 0.6) is 0 Å². The lowest BCUT2D eigenvalue weighted by Gasteiger charge is -2.25. The first-order valence-corrected chi connectivity index (χ1v) is 8.23. The highest BCUT2D eigenvalue weighted by atomic mass is 16.6. The highest BCUT2D eigenvalue weighted by Crippen LogP contribution is 2.26. The third-order valence-electron chi connectivity index (χ3n) is 4.83. The molecule has 0 aliphatic heterocycles. The molecule has 0 N–H and O–H groups in total. The number of hydrogen-bond donors (Lipinski definition) is 0. The van der Waals surface area contributed by atoms with Crippen molar-refractivity contribution in [2.24, 2.45) is 23.7 Å². The molecule has 0 radical (unpaired) electrons. The van der Waals surface area contributed by atoms with E-state index in [1.165, 1.54) is 0 Å². The number of allylic oxidation sites excluding steroid dienone is 4. The summed E-state index contributed by atoms with van der Waals surface area (Å²) in [5, 5.41) is 0. The minimum absolute atomic E-state index is 0.294. The average molecular weight is 306 g/mol. The van der Waals surface area contributed by atoms with Crippen LogP contribution in [0.25, 0.3) is 0 Å². The Balaban J connectivity index is 1.69. The van der Waals surface area contributed by atoms with E-state index in [0.717, 1.165) is 25.7 Å². The van der Waals surface area contributed by atoms with Crippen molar-refractivity contribution in [3.05, 3.63) is 24.3 Å². The lowest BCUT2D eigenvalue weighted by atomic mass is 9.85. The molecule has 4 atom stereocenters. The van der Waals surface area contributed by atoms with Gasteiger partial charge in [-0.15, -0.1) is 0 Å². The topological polar surface area (TPSA) is 52.6 Å². The van der Waals surface area contributed by atoms with Crippen molar-refractivity contribution < 1.29 is 19.1 Å². The van der Waals surface area contributed by atoms with Gasteiger partial charge in [0.25, 0.3) is 0 Å². The zero-order valence-electron chi connectivity index (χ0n) is 13.5. The molecule has 4 heteroatoms. The van der Waals surface area contributed by atoms with Gasteiger partial charge in [0.05, 0.1) is 13.2 Å². The molecule has 0 unspecified atom stereocenters. The van der Waals surface area contributed by atoms with Crippen LogP contribution in [-0.4, -0.2) is 25.2 Å². The molecule has 0 aromatic carbocycles. The molecule has 22 heavy (non-hydrogen) atoms.